The third-order valence-corrected chi connectivity index (χ3v) is 2.59. The van der Waals surface area contributed by atoms with Crippen LogP contribution in [0.4, 0.5) is 8.78 Å². The molecule has 3 nitrogen and oxygen atoms in total. The molecule has 0 radical (unpaired) electrons. The lowest BCUT2D eigenvalue weighted by Crippen LogP contribution is -2.15. The zero-order valence-electron chi connectivity index (χ0n) is 11.7. The summed E-state index contributed by atoms with van der Waals surface area (Å²) in [6.07, 6.45) is -1.43. The maximum absolute atomic E-state index is 12.2. The summed E-state index contributed by atoms with van der Waals surface area (Å²) in [5, 5.41) is 3.28. The van der Waals surface area contributed by atoms with Crippen LogP contribution in [0.2, 0.25) is 0 Å². The zero-order valence-corrected chi connectivity index (χ0v) is 11.7. The first-order valence-corrected chi connectivity index (χ1v) is 6.65. The second-order valence-electron chi connectivity index (χ2n) is 4.77. The highest BCUT2D eigenvalue weighted by atomic mass is 19.3. The fourth-order valence-electron chi connectivity index (χ4n) is 1.61. The Kier molecular flexibility index (Phi) is 6.70. The van der Waals surface area contributed by atoms with Crippen LogP contribution in [0.3, 0.4) is 0 Å². The Bertz CT molecular complexity index is 384. The predicted octanol–water partition coefficient (Wildman–Crippen LogP) is 3.35. The van der Waals surface area contributed by atoms with Gasteiger partial charge in [0.25, 0.3) is 6.43 Å². The van der Waals surface area contributed by atoms with Crippen LogP contribution in [0.5, 0.6) is 5.88 Å². The minimum absolute atomic E-state index is 0.236. The first-order valence-electron chi connectivity index (χ1n) is 6.65. The maximum Gasteiger partial charge on any atom is 0.272 e. The van der Waals surface area contributed by atoms with Crippen molar-refractivity contribution >= 4 is 0 Å². The van der Waals surface area contributed by atoms with E-state index in [-0.39, 0.29) is 11.8 Å². The van der Waals surface area contributed by atoms with Gasteiger partial charge in [-0.2, -0.15) is 0 Å². The molecule has 0 aromatic carbocycles. The Balaban J connectivity index is 2.78. The van der Waals surface area contributed by atoms with Gasteiger partial charge in [0.1, 0.15) is 0 Å². The number of pyridine rings is 1. The Morgan fingerprint density at radius 2 is 2.05 bits per heavy atom. The molecule has 0 saturated heterocycles. The molecule has 108 valence electrons. The van der Waals surface area contributed by atoms with Gasteiger partial charge in [0.2, 0.25) is 5.88 Å². The molecule has 0 saturated carbocycles. The maximum atomic E-state index is 12.2. The van der Waals surface area contributed by atoms with E-state index in [0.717, 1.165) is 24.2 Å². The van der Waals surface area contributed by atoms with Crippen LogP contribution in [0, 0.1) is 0 Å². The van der Waals surface area contributed by atoms with Crippen LogP contribution >= 0.6 is 0 Å². The predicted molar refractivity (Wildman–Crippen MR) is 71.8 cm³/mol. The Hall–Kier alpha value is -1.23. The van der Waals surface area contributed by atoms with Crippen molar-refractivity contribution in [3.05, 3.63) is 23.4 Å². The van der Waals surface area contributed by atoms with Crippen LogP contribution in [0.1, 0.15) is 44.4 Å². The number of ether oxygens (including phenoxy) is 1. The van der Waals surface area contributed by atoms with Crippen molar-refractivity contribution in [3.63, 3.8) is 0 Å². The number of nitrogens with one attached hydrogen (secondary N) is 1. The molecule has 0 aliphatic rings. The van der Waals surface area contributed by atoms with Crippen LogP contribution in [0.15, 0.2) is 12.1 Å². The minimum Gasteiger partial charge on any atom is -0.472 e. The van der Waals surface area contributed by atoms with Gasteiger partial charge in [0, 0.05) is 18.3 Å². The van der Waals surface area contributed by atoms with Gasteiger partial charge in [0.05, 0.1) is 0 Å². The molecular formula is C14H22F2N2O. The lowest BCUT2D eigenvalue weighted by Gasteiger charge is -2.12. The van der Waals surface area contributed by atoms with Crippen molar-refractivity contribution in [2.24, 2.45) is 0 Å². The van der Waals surface area contributed by atoms with Gasteiger partial charge in [-0.3, -0.25) is 0 Å². The van der Waals surface area contributed by atoms with E-state index in [0.29, 0.717) is 6.54 Å². The molecule has 19 heavy (non-hydrogen) atoms. The molecule has 0 aliphatic carbocycles. The van der Waals surface area contributed by atoms with Crippen molar-refractivity contribution in [1.29, 1.82) is 0 Å². The van der Waals surface area contributed by atoms with Crippen molar-refractivity contribution < 1.29 is 13.5 Å². The summed E-state index contributed by atoms with van der Waals surface area (Å²) < 4.78 is 29.3. The Morgan fingerprint density at radius 1 is 1.32 bits per heavy atom. The van der Waals surface area contributed by atoms with Gasteiger partial charge in [-0.15, -0.1) is 0 Å². The largest absolute Gasteiger partial charge is 0.472 e. The second kappa shape index (κ2) is 8.04. The number of halogens is 2. The SMILES string of the molecule is CCCNCc1cc(OCC(F)F)nc(C(C)C)c1. The summed E-state index contributed by atoms with van der Waals surface area (Å²) in [5.41, 5.74) is 1.87. The van der Waals surface area contributed by atoms with E-state index in [1.165, 1.54) is 0 Å². The number of rotatable bonds is 8. The van der Waals surface area contributed by atoms with Crippen molar-refractivity contribution in [2.45, 2.75) is 46.1 Å². The first-order chi connectivity index (χ1) is 9.02. The molecule has 0 unspecified atom stereocenters. The number of hydrogen-bond donors (Lipinski definition) is 1. The topological polar surface area (TPSA) is 34.1 Å². The highest BCUT2D eigenvalue weighted by molar-refractivity contribution is 5.26. The molecule has 1 aromatic rings. The molecule has 1 aromatic heterocycles. The number of aromatic nitrogens is 1. The van der Waals surface area contributed by atoms with Crippen LogP contribution in [-0.4, -0.2) is 24.6 Å². The van der Waals surface area contributed by atoms with Gasteiger partial charge >= 0.3 is 0 Å². The molecule has 0 atom stereocenters. The average molecular weight is 272 g/mol. The molecule has 0 bridgehead atoms. The molecule has 0 amide bonds. The summed E-state index contributed by atoms with van der Waals surface area (Å²) in [5.74, 6) is 0.514. The fraction of sp³-hybridized carbons (Fsp3) is 0.643. The first kappa shape index (κ1) is 15.8. The molecule has 5 heteroatoms. The summed E-state index contributed by atoms with van der Waals surface area (Å²) in [4.78, 5) is 4.25. The fourth-order valence-corrected chi connectivity index (χ4v) is 1.61. The van der Waals surface area contributed by atoms with Crippen molar-refractivity contribution in [2.75, 3.05) is 13.2 Å². The highest BCUT2D eigenvalue weighted by Crippen LogP contribution is 2.19. The molecule has 0 fully saturated rings. The molecule has 1 rings (SSSR count). The van der Waals surface area contributed by atoms with Crippen LogP contribution in [0.25, 0.3) is 0 Å². The van der Waals surface area contributed by atoms with E-state index in [1.54, 1.807) is 6.07 Å². The molecular weight excluding hydrogens is 250 g/mol. The Labute approximate surface area is 113 Å². The third kappa shape index (κ3) is 5.96. The number of nitrogens with zero attached hydrogens (tertiary/aromatic N) is 1. The number of hydrogen-bond acceptors (Lipinski definition) is 3. The average Bonchev–Trinajstić information content (AvgIpc) is 2.36. The zero-order chi connectivity index (χ0) is 14.3. The van der Waals surface area contributed by atoms with Crippen LogP contribution in [-0.2, 0) is 6.54 Å². The van der Waals surface area contributed by atoms with Gasteiger partial charge in [0.15, 0.2) is 6.61 Å². The van der Waals surface area contributed by atoms with E-state index in [9.17, 15) is 8.78 Å². The second-order valence-corrected chi connectivity index (χ2v) is 4.77. The summed E-state index contributed by atoms with van der Waals surface area (Å²) in [7, 11) is 0. The molecule has 0 spiro atoms. The molecule has 1 N–H and O–H groups in total. The summed E-state index contributed by atoms with van der Waals surface area (Å²) in [6.45, 7) is 7.13. The van der Waals surface area contributed by atoms with E-state index < -0.39 is 13.0 Å². The normalized spacial score (nSPS) is 11.3. The van der Waals surface area contributed by atoms with Gasteiger partial charge in [-0.1, -0.05) is 20.8 Å². The van der Waals surface area contributed by atoms with Gasteiger partial charge in [-0.25, -0.2) is 13.8 Å². The standard InChI is InChI=1S/C14H22F2N2O/c1-4-5-17-8-11-6-12(10(2)3)18-14(7-11)19-9-13(15)16/h6-7,10,13,17H,4-5,8-9H2,1-3H3. The highest BCUT2D eigenvalue weighted by Gasteiger charge is 2.09. The molecule has 0 aliphatic heterocycles. The monoisotopic (exact) mass is 272 g/mol. The van der Waals surface area contributed by atoms with E-state index in [1.807, 2.05) is 19.9 Å². The number of alkyl halides is 2. The lowest BCUT2D eigenvalue weighted by molar-refractivity contribution is 0.0794. The van der Waals surface area contributed by atoms with Gasteiger partial charge < -0.3 is 10.1 Å². The summed E-state index contributed by atoms with van der Waals surface area (Å²) in [6, 6.07) is 3.71. The Morgan fingerprint density at radius 3 is 2.63 bits per heavy atom. The minimum atomic E-state index is -2.48. The molecule has 1 heterocycles. The smallest absolute Gasteiger partial charge is 0.272 e. The lowest BCUT2D eigenvalue weighted by atomic mass is 10.1. The van der Waals surface area contributed by atoms with E-state index >= 15 is 0 Å². The van der Waals surface area contributed by atoms with Gasteiger partial charge in [-0.05, 0) is 30.5 Å². The van der Waals surface area contributed by atoms with Crippen LogP contribution < -0.4 is 10.1 Å². The summed E-state index contributed by atoms with van der Waals surface area (Å²) >= 11 is 0. The quantitative estimate of drug-likeness (QED) is 0.737. The van der Waals surface area contributed by atoms with Crippen molar-refractivity contribution in [3.8, 4) is 5.88 Å². The van der Waals surface area contributed by atoms with E-state index in [2.05, 4.69) is 17.2 Å². The van der Waals surface area contributed by atoms with Crippen molar-refractivity contribution in [1.82, 2.24) is 10.3 Å². The van der Waals surface area contributed by atoms with E-state index in [4.69, 9.17) is 4.74 Å². The third-order valence-electron chi connectivity index (χ3n) is 2.59.